The van der Waals surface area contributed by atoms with Gasteiger partial charge >= 0.3 is 0 Å². The monoisotopic (exact) mass is 427 g/mol. The standard InChI is InChI=1S/C26H23NO2.C2H6O/c1-18-15-19(2)17-21(16-18)22-11-6-7-12-23(22)25-26(20-9-4-3-5-10-20)29-24(27-25)13-8-14-28;1-3-2/h3-7,9-12,14-17H,8,13H2,1-2H3;1-2H3. The molecule has 164 valence electrons. The molecule has 4 aromatic rings. The molecule has 0 saturated heterocycles. The van der Waals surface area contributed by atoms with E-state index in [-0.39, 0.29) is 0 Å². The third kappa shape index (κ3) is 5.59. The van der Waals surface area contributed by atoms with Crippen molar-refractivity contribution in [3.8, 4) is 33.7 Å². The maximum atomic E-state index is 10.8. The van der Waals surface area contributed by atoms with Gasteiger partial charge in [0.1, 0.15) is 12.0 Å². The van der Waals surface area contributed by atoms with Crippen LogP contribution in [0.15, 0.2) is 77.2 Å². The molecule has 4 nitrogen and oxygen atoms in total. The molecule has 0 amide bonds. The molecule has 0 saturated carbocycles. The Kier molecular flexibility index (Phi) is 8.12. The van der Waals surface area contributed by atoms with Gasteiger partial charge in [-0.2, -0.15) is 0 Å². The van der Waals surface area contributed by atoms with E-state index in [0.717, 1.165) is 40.0 Å². The number of aryl methyl sites for hydroxylation is 3. The molecule has 4 rings (SSSR count). The van der Waals surface area contributed by atoms with Gasteiger partial charge in [-0.15, -0.1) is 0 Å². The maximum Gasteiger partial charge on any atom is 0.195 e. The molecule has 0 spiro atoms. The summed E-state index contributed by atoms with van der Waals surface area (Å²) in [5, 5.41) is 0. The van der Waals surface area contributed by atoms with Crippen LogP contribution < -0.4 is 0 Å². The second-order valence-corrected chi connectivity index (χ2v) is 7.69. The van der Waals surface area contributed by atoms with Crippen molar-refractivity contribution >= 4 is 6.29 Å². The summed E-state index contributed by atoms with van der Waals surface area (Å²) in [5.41, 5.74) is 7.54. The molecule has 0 atom stereocenters. The Morgan fingerprint density at radius 1 is 0.844 bits per heavy atom. The number of rotatable bonds is 6. The van der Waals surface area contributed by atoms with E-state index in [1.54, 1.807) is 14.2 Å². The number of ether oxygens (including phenoxy) is 1. The van der Waals surface area contributed by atoms with Crippen molar-refractivity contribution in [1.82, 2.24) is 4.98 Å². The highest BCUT2D eigenvalue weighted by atomic mass is 16.4. The molecule has 0 N–H and O–H groups in total. The second kappa shape index (κ2) is 11.2. The molecule has 0 aliphatic rings. The highest BCUT2D eigenvalue weighted by Crippen LogP contribution is 2.38. The lowest BCUT2D eigenvalue weighted by atomic mass is 9.94. The SMILES string of the molecule is COC.Cc1cc(C)cc(-c2ccccc2-c2nc(CCC=O)oc2-c2ccccc2)c1. The molecule has 1 heterocycles. The van der Waals surface area contributed by atoms with Crippen LogP contribution in [0, 0.1) is 13.8 Å². The Labute approximate surface area is 189 Å². The number of nitrogens with zero attached hydrogens (tertiary/aromatic N) is 1. The second-order valence-electron chi connectivity index (χ2n) is 7.69. The summed E-state index contributed by atoms with van der Waals surface area (Å²) in [4.78, 5) is 15.6. The predicted octanol–water partition coefficient (Wildman–Crippen LogP) is 6.69. The van der Waals surface area contributed by atoms with E-state index >= 15 is 0 Å². The Balaban J connectivity index is 0.000000913. The minimum atomic E-state index is 0.396. The Hall–Kier alpha value is -3.50. The first-order valence-corrected chi connectivity index (χ1v) is 10.6. The Morgan fingerprint density at radius 3 is 2.06 bits per heavy atom. The van der Waals surface area contributed by atoms with Crippen LogP contribution in [0.1, 0.15) is 23.4 Å². The molecule has 0 bridgehead atoms. The number of aromatic nitrogens is 1. The predicted molar refractivity (Wildman–Crippen MR) is 130 cm³/mol. The third-order valence-corrected chi connectivity index (χ3v) is 4.90. The number of oxazole rings is 1. The van der Waals surface area contributed by atoms with E-state index in [2.05, 4.69) is 48.9 Å². The van der Waals surface area contributed by atoms with Gasteiger partial charge in [-0.05, 0) is 25.0 Å². The van der Waals surface area contributed by atoms with E-state index in [4.69, 9.17) is 9.40 Å². The average Bonchev–Trinajstić information content (AvgIpc) is 3.22. The van der Waals surface area contributed by atoms with Gasteiger partial charge in [0, 0.05) is 38.2 Å². The number of methoxy groups -OCH3 is 1. The van der Waals surface area contributed by atoms with Crippen LogP contribution in [-0.2, 0) is 16.0 Å². The lowest BCUT2D eigenvalue weighted by Crippen LogP contribution is -1.90. The van der Waals surface area contributed by atoms with E-state index in [1.807, 2.05) is 42.5 Å². The highest BCUT2D eigenvalue weighted by molar-refractivity contribution is 5.88. The lowest BCUT2D eigenvalue weighted by molar-refractivity contribution is -0.107. The van der Waals surface area contributed by atoms with Crippen molar-refractivity contribution in [2.75, 3.05) is 14.2 Å². The molecule has 1 aromatic heterocycles. The fourth-order valence-electron chi connectivity index (χ4n) is 3.69. The van der Waals surface area contributed by atoms with Gasteiger partial charge in [-0.25, -0.2) is 4.98 Å². The van der Waals surface area contributed by atoms with Crippen LogP contribution in [0.25, 0.3) is 33.7 Å². The normalized spacial score (nSPS) is 10.4. The minimum Gasteiger partial charge on any atom is -0.440 e. The molecule has 0 aliphatic carbocycles. The molecule has 0 aliphatic heterocycles. The van der Waals surface area contributed by atoms with Gasteiger partial charge in [-0.1, -0.05) is 83.9 Å². The number of hydrogen-bond donors (Lipinski definition) is 0. The molecular formula is C28H29NO3. The molecule has 0 radical (unpaired) electrons. The number of benzene rings is 3. The molecule has 0 fully saturated rings. The van der Waals surface area contributed by atoms with Crippen LogP contribution in [0.3, 0.4) is 0 Å². The summed E-state index contributed by atoms with van der Waals surface area (Å²) in [7, 11) is 3.25. The Bertz CT molecular complexity index is 1140. The zero-order valence-electron chi connectivity index (χ0n) is 19.1. The summed E-state index contributed by atoms with van der Waals surface area (Å²) in [6.07, 6.45) is 1.79. The van der Waals surface area contributed by atoms with Crippen molar-refractivity contribution in [2.45, 2.75) is 26.7 Å². The van der Waals surface area contributed by atoms with Gasteiger partial charge in [0.2, 0.25) is 0 Å². The summed E-state index contributed by atoms with van der Waals surface area (Å²) in [5.74, 6) is 1.32. The highest BCUT2D eigenvalue weighted by Gasteiger charge is 2.19. The van der Waals surface area contributed by atoms with E-state index in [0.29, 0.717) is 18.7 Å². The maximum absolute atomic E-state index is 10.8. The molecule has 32 heavy (non-hydrogen) atoms. The van der Waals surface area contributed by atoms with Crippen molar-refractivity contribution in [1.29, 1.82) is 0 Å². The zero-order valence-corrected chi connectivity index (χ0v) is 19.1. The lowest BCUT2D eigenvalue weighted by Gasteiger charge is -2.11. The summed E-state index contributed by atoms with van der Waals surface area (Å²) in [6, 6.07) is 24.8. The van der Waals surface area contributed by atoms with Crippen LogP contribution in [0.5, 0.6) is 0 Å². The van der Waals surface area contributed by atoms with Crippen LogP contribution in [-0.4, -0.2) is 25.5 Å². The Morgan fingerprint density at radius 2 is 1.44 bits per heavy atom. The number of carbonyl (C=O) groups is 1. The van der Waals surface area contributed by atoms with Crippen molar-refractivity contribution in [2.24, 2.45) is 0 Å². The molecular weight excluding hydrogens is 398 g/mol. The third-order valence-electron chi connectivity index (χ3n) is 4.90. The zero-order chi connectivity index (χ0) is 22.9. The topological polar surface area (TPSA) is 52.3 Å². The van der Waals surface area contributed by atoms with Gasteiger partial charge in [0.25, 0.3) is 0 Å². The number of aldehydes is 1. The van der Waals surface area contributed by atoms with Crippen molar-refractivity contribution in [3.05, 3.63) is 89.8 Å². The van der Waals surface area contributed by atoms with E-state index < -0.39 is 0 Å². The van der Waals surface area contributed by atoms with E-state index in [1.165, 1.54) is 11.1 Å². The largest absolute Gasteiger partial charge is 0.440 e. The number of carbonyl (C=O) groups excluding carboxylic acids is 1. The van der Waals surface area contributed by atoms with Crippen LogP contribution in [0.4, 0.5) is 0 Å². The van der Waals surface area contributed by atoms with Crippen LogP contribution in [0.2, 0.25) is 0 Å². The minimum absolute atomic E-state index is 0.396. The molecule has 4 heteroatoms. The van der Waals surface area contributed by atoms with Gasteiger partial charge in [-0.3, -0.25) is 0 Å². The average molecular weight is 428 g/mol. The summed E-state index contributed by atoms with van der Waals surface area (Å²) in [6.45, 7) is 4.23. The molecule has 3 aromatic carbocycles. The molecule has 0 unspecified atom stereocenters. The van der Waals surface area contributed by atoms with E-state index in [9.17, 15) is 4.79 Å². The summed E-state index contributed by atoms with van der Waals surface area (Å²) >= 11 is 0. The van der Waals surface area contributed by atoms with Gasteiger partial charge < -0.3 is 13.9 Å². The number of hydrogen-bond acceptors (Lipinski definition) is 4. The van der Waals surface area contributed by atoms with Crippen LogP contribution >= 0.6 is 0 Å². The van der Waals surface area contributed by atoms with Crippen molar-refractivity contribution < 1.29 is 13.9 Å². The smallest absolute Gasteiger partial charge is 0.195 e. The van der Waals surface area contributed by atoms with Gasteiger partial charge in [0.15, 0.2) is 11.7 Å². The van der Waals surface area contributed by atoms with Gasteiger partial charge in [0.05, 0.1) is 0 Å². The first-order chi connectivity index (χ1) is 15.6. The first-order valence-electron chi connectivity index (χ1n) is 10.6. The quantitative estimate of drug-likeness (QED) is 0.322. The first kappa shape index (κ1) is 23.2. The fourth-order valence-corrected chi connectivity index (χ4v) is 3.69. The fraction of sp³-hybridized carbons (Fsp3) is 0.214. The summed E-state index contributed by atoms with van der Waals surface area (Å²) < 4.78 is 10.4. The van der Waals surface area contributed by atoms with Crippen molar-refractivity contribution in [3.63, 3.8) is 0 Å².